The first-order chi connectivity index (χ1) is 42.4. The quantitative estimate of drug-likeness (QED) is 0.0222. The number of aliphatic hydroxyl groups is 1. The summed E-state index contributed by atoms with van der Waals surface area (Å²) in [4.78, 5) is 72.3. The van der Waals surface area contributed by atoms with Crippen LogP contribution in [0.5, 0.6) is 0 Å². The summed E-state index contributed by atoms with van der Waals surface area (Å²) < 4.78 is 68.1. The molecule has 0 rings (SSSR count). The number of rotatable bonds is 68. The van der Waals surface area contributed by atoms with Crippen LogP contribution in [0, 0.1) is 11.8 Å². The normalized spacial score (nSPS) is 14.2. The van der Waals surface area contributed by atoms with Gasteiger partial charge in [-0.3, -0.25) is 37.3 Å². The van der Waals surface area contributed by atoms with Crippen LogP contribution in [-0.2, 0) is 65.4 Å². The Morgan fingerprint density at radius 3 is 0.773 bits per heavy atom. The summed E-state index contributed by atoms with van der Waals surface area (Å²) >= 11 is 0. The molecule has 0 bridgehead atoms. The molecule has 0 aliphatic heterocycles. The summed E-state index contributed by atoms with van der Waals surface area (Å²) in [6.45, 7) is 9.39. The third-order valence-electron chi connectivity index (χ3n) is 16.0. The monoisotopic (exact) mass is 1300 g/mol. The molecule has 19 heteroatoms. The number of hydrogen-bond acceptors (Lipinski definition) is 15. The Morgan fingerprint density at radius 1 is 0.307 bits per heavy atom. The van der Waals surface area contributed by atoms with Crippen LogP contribution in [0.1, 0.15) is 350 Å². The highest BCUT2D eigenvalue weighted by atomic mass is 31.2. The molecule has 0 saturated heterocycles. The number of phosphoric acid groups is 2. The number of hydrogen-bond donors (Lipinski definition) is 3. The fourth-order valence-corrected chi connectivity index (χ4v) is 12.0. The van der Waals surface area contributed by atoms with Gasteiger partial charge in [-0.25, -0.2) is 9.13 Å². The molecule has 0 amide bonds. The summed E-state index contributed by atoms with van der Waals surface area (Å²) in [6, 6.07) is 0. The van der Waals surface area contributed by atoms with Crippen LogP contribution in [0.4, 0.5) is 0 Å². The van der Waals surface area contributed by atoms with E-state index in [1.165, 1.54) is 154 Å². The number of aliphatic hydroxyl groups excluding tert-OH is 1. The van der Waals surface area contributed by atoms with Crippen molar-refractivity contribution >= 4 is 39.5 Å². The van der Waals surface area contributed by atoms with E-state index in [-0.39, 0.29) is 25.7 Å². The maximum Gasteiger partial charge on any atom is 0.472 e. The molecule has 3 N–H and O–H groups in total. The molecule has 0 radical (unpaired) electrons. The average Bonchev–Trinajstić information content (AvgIpc) is 3.67. The van der Waals surface area contributed by atoms with Crippen LogP contribution in [0.25, 0.3) is 0 Å². The first-order valence-corrected chi connectivity index (χ1v) is 39.0. The van der Waals surface area contributed by atoms with E-state index in [1.54, 1.807) is 0 Å². The number of carbonyl (C=O) groups excluding carboxylic acids is 4. The third-order valence-corrected chi connectivity index (χ3v) is 17.9. The Kier molecular flexibility index (Phi) is 59.9. The number of unbranched alkanes of at least 4 members (excludes halogenated alkanes) is 38. The molecule has 0 aromatic rings. The molecule has 0 spiro atoms. The Labute approximate surface area is 537 Å². The van der Waals surface area contributed by atoms with Crippen molar-refractivity contribution < 1.29 is 80.2 Å². The minimum absolute atomic E-state index is 0.103. The Morgan fingerprint density at radius 2 is 0.523 bits per heavy atom. The lowest BCUT2D eigenvalue weighted by atomic mass is 10.0. The fraction of sp³-hybridized carbons (Fsp3) is 0.942. The van der Waals surface area contributed by atoms with E-state index >= 15 is 0 Å². The largest absolute Gasteiger partial charge is 0.472 e. The molecule has 2 unspecified atom stereocenters. The van der Waals surface area contributed by atoms with Crippen molar-refractivity contribution in [2.45, 2.75) is 368 Å². The fourth-order valence-electron chi connectivity index (χ4n) is 10.4. The zero-order valence-electron chi connectivity index (χ0n) is 57.0. The van der Waals surface area contributed by atoms with Crippen LogP contribution in [-0.4, -0.2) is 96.7 Å². The molecule has 0 saturated carbocycles. The van der Waals surface area contributed by atoms with Gasteiger partial charge in [-0.1, -0.05) is 298 Å². The minimum atomic E-state index is -4.95. The van der Waals surface area contributed by atoms with Crippen molar-refractivity contribution in [2.24, 2.45) is 11.8 Å². The molecule has 0 heterocycles. The lowest BCUT2D eigenvalue weighted by Gasteiger charge is -2.21. The molecule has 0 fully saturated rings. The van der Waals surface area contributed by atoms with Crippen LogP contribution < -0.4 is 0 Å². The second-order valence-electron chi connectivity index (χ2n) is 25.9. The molecule has 0 aromatic carbocycles. The lowest BCUT2D eigenvalue weighted by molar-refractivity contribution is -0.161. The van der Waals surface area contributed by atoms with Gasteiger partial charge in [0.1, 0.15) is 19.3 Å². The van der Waals surface area contributed by atoms with Crippen molar-refractivity contribution in [1.82, 2.24) is 0 Å². The van der Waals surface area contributed by atoms with Crippen LogP contribution in [0.2, 0.25) is 0 Å². The van der Waals surface area contributed by atoms with E-state index in [0.29, 0.717) is 31.6 Å². The van der Waals surface area contributed by atoms with Gasteiger partial charge in [0.25, 0.3) is 0 Å². The second kappa shape index (κ2) is 61.3. The van der Waals surface area contributed by atoms with Gasteiger partial charge in [-0.2, -0.15) is 0 Å². The highest BCUT2D eigenvalue weighted by Crippen LogP contribution is 2.45. The van der Waals surface area contributed by atoms with Crippen molar-refractivity contribution in [1.29, 1.82) is 0 Å². The van der Waals surface area contributed by atoms with Gasteiger partial charge in [-0.05, 0) is 37.5 Å². The summed E-state index contributed by atoms with van der Waals surface area (Å²) in [6.07, 6.45) is 46.3. The molecule has 0 aliphatic rings. The van der Waals surface area contributed by atoms with E-state index in [1.807, 2.05) is 0 Å². The third kappa shape index (κ3) is 62.8. The smallest absolute Gasteiger partial charge is 0.462 e. The number of carbonyl (C=O) groups is 4. The molecule has 522 valence electrons. The molecule has 0 aliphatic carbocycles. The van der Waals surface area contributed by atoms with Gasteiger partial charge in [0.05, 0.1) is 26.4 Å². The van der Waals surface area contributed by atoms with Crippen LogP contribution >= 0.6 is 15.6 Å². The molecule has 88 heavy (non-hydrogen) atoms. The average molecular weight is 1300 g/mol. The molecular weight excluding hydrogens is 1160 g/mol. The SMILES string of the molecule is CCCCCCCCCCCCCCCCCCCCCCC(=O)O[C@H](COC(=O)CCCCCCCCCCC(C)C)COP(=O)(O)OC[C@@H](O)COP(=O)(O)OC[C@@H](COC(=O)CCCCCCCCC)OC(=O)CCCCCCCCCC(C)C. The first-order valence-electron chi connectivity index (χ1n) is 36.0. The van der Waals surface area contributed by atoms with Gasteiger partial charge in [-0.15, -0.1) is 0 Å². The number of phosphoric ester groups is 2. The maximum atomic E-state index is 13.0. The van der Waals surface area contributed by atoms with Crippen LogP contribution in [0.3, 0.4) is 0 Å². The highest BCUT2D eigenvalue weighted by Gasteiger charge is 2.30. The Bertz CT molecular complexity index is 1720. The van der Waals surface area contributed by atoms with E-state index < -0.39 is 97.5 Å². The first kappa shape index (κ1) is 86.1. The summed E-state index contributed by atoms with van der Waals surface area (Å²) in [5.41, 5.74) is 0. The second-order valence-corrected chi connectivity index (χ2v) is 28.8. The van der Waals surface area contributed by atoms with E-state index in [4.69, 9.17) is 37.0 Å². The molecule has 5 atom stereocenters. The Hall–Kier alpha value is -1.94. The highest BCUT2D eigenvalue weighted by molar-refractivity contribution is 7.47. The summed E-state index contributed by atoms with van der Waals surface area (Å²) in [7, 11) is -9.89. The van der Waals surface area contributed by atoms with Gasteiger partial charge < -0.3 is 33.8 Å². The van der Waals surface area contributed by atoms with E-state index in [2.05, 4.69) is 41.5 Å². The zero-order chi connectivity index (χ0) is 65.0. The molecular formula is C69H134O17P2. The van der Waals surface area contributed by atoms with Gasteiger partial charge in [0.15, 0.2) is 12.2 Å². The molecule has 0 aromatic heterocycles. The van der Waals surface area contributed by atoms with Crippen molar-refractivity contribution in [2.75, 3.05) is 39.6 Å². The van der Waals surface area contributed by atoms with E-state index in [9.17, 15) is 43.2 Å². The topological polar surface area (TPSA) is 237 Å². The number of ether oxygens (including phenoxy) is 4. The molecule has 17 nitrogen and oxygen atoms in total. The lowest BCUT2D eigenvalue weighted by Crippen LogP contribution is -2.30. The van der Waals surface area contributed by atoms with Gasteiger partial charge in [0, 0.05) is 25.7 Å². The zero-order valence-corrected chi connectivity index (χ0v) is 58.8. The Balaban J connectivity index is 5.14. The minimum Gasteiger partial charge on any atom is -0.462 e. The predicted octanol–water partition coefficient (Wildman–Crippen LogP) is 19.6. The van der Waals surface area contributed by atoms with E-state index in [0.717, 1.165) is 109 Å². The van der Waals surface area contributed by atoms with Crippen molar-refractivity contribution in [3.8, 4) is 0 Å². The predicted molar refractivity (Wildman–Crippen MR) is 354 cm³/mol. The standard InChI is InChI=1S/C69H134O17P2/c1-7-9-11-13-15-16-17-18-19-20-21-22-23-24-25-26-27-35-41-47-53-68(73)85-65(58-80-67(72)52-46-40-34-29-28-32-37-43-49-61(3)4)60-84-88(77,78)82-56-63(70)55-81-87(75,76)83-59-64(57-79-66(71)51-45-39-31-14-12-10-8-2)86-69(74)54-48-42-36-30-33-38-44-50-62(5)6/h61-65,70H,7-60H2,1-6H3,(H,75,76)(H,77,78)/t63-,64+,65+/m0/s1. The number of esters is 4. The van der Waals surface area contributed by atoms with Crippen LogP contribution in [0.15, 0.2) is 0 Å². The summed E-state index contributed by atoms with van der Waals surface area (Å²) in [5, 5.41) is 10.6. The maximum absolute atomic E-state index is 13.0. The van der Waals surface area contributed by atoms with Gasteiger partial charge >= 0.3 is 39.5 Å². The van der Waals surface area contributed by atoms with Crippen molar-refractivity contribution in [3.05, 3.63) is 0 Å². The van der Waals surface area contributed by atoms with Gasteiger partial charge in [0.2, 0.25) is 0 Å². The summed E-state index contributed by atoms with van der Waals surface area (Å²) in [5.74, 6) is -0.712. The van der Waals surface area contributed by atoms with Crippen molar-refractivity contribution in [3.63, 3.8) is 0 Å².